The van der Waals surface area contributed by atoms with Gasteiger partial charge in [-0.15, -0.1) is 10.2 Å². The molecule has 1 aliphatic carbocycles. The molecule has 0 aromatic carbocycles. The van der Waals surface area contributed by atoms with Crippen LogP contribution in [0.3, 0.4) is 0 Å². The van der Waals surface area contributed by atoms with E-state index in [0.717, 1.165) is 0 Å². The van der Waals surface area contributed by atoms with Gasteiger partial charge in [-0.2, -0.15) is 0 Å². The number of Topliss-reactive ketones (excluding diaryl/α,β-unsaturated/α-hetero) is 1. The lowest BCUT2D eigenvalue weighted by Crippen LogP contribution is -2.16. The third kappa shape index (κ3) is 0.832. The molecule has 0 atom stereocenters. The summed E-state index contributed by atoms with van der Waals surface area (Å²) >= 11 is 5.54. The Morgan fingerprint density at radius 2 is 2.18 bits per heavy atom. The predicted molar refractivity (Wildman–Crippen MR) is 39.3 cm³/mol. The van der Waals surface area contributed by atoms with E-state index < -0.39 is 0 Å². The maximum atomic E-state index is 11.1. The summed E-state index contributed by atoms with van der Waals surface area (Å²) in [6, 6.07) is 0. The van der Waals surface area contributed by atoms with E-state index in [1.54, 1.807) is 6.08 Å². The second kappa shape index (κ2) is 2.10. The highest BCUT2D eigenvalue weighted by Crippen LogP contribution is 2.20. The molecule has 1 aliphatic heterocycles. The lowest BCUT2D eigenvalue weighted by Gasteiger charge is -2.01. The summed E-state index contributed by atoms with van der Waals surface area (Å²) in [5.74, 6) is -0.311. The summed E-state index contributed by atoms with van der Waals surface area (Å²) in [4.78, 5) is 11.1. The Bertz CT molecular complexity index is 351. The average molecular weight is 168 g/mol. The highest BCUT2D eigenvalue weighted by molar-refractivity contribution is 6.63. The number of ketones is 1. The quantitative estimate of drug-likeness (QED) is 0.503. The lowest BCUT2D eigenvalue weighted by molar-refractivity contribution is -0.109. The maximum Gasteiger partial charge on any atom is 0.226 e. The monoisotopic (exact) mass is 167 g/mol. The van der Waals surface area contributed by atoms with Crippen LogP contribution in [0.4, 0.5) is 0 Å². The number of nitrogens with zero attached hydrogens (tertiary/aromatic N) is 3. The molecule has 0 saturated heterocycles. The van der Waals surface area contributed by atoms with Crippen LogP contribution in [-0.4, -0.2) is 11.5 Å². The van der Waals surface area contributed by atoms with Gasteiger partial charge in [0.25, 0.3) is 0 Å². The van der Waals surface area contributed by atoms with Crippen LogP contribution in [0.15, 0.2) is 38.3 Å². The summed E-state index contributed by atoms with van der Waals surface area (Å²) in [5.41, 5.74) is 0.719. The molecule has 0 fully saturated rings. The van der Waals surface area contributed by atoms with Gasteiger partial charge in [0.15, 0.2) is 5.71 Å². The molecule has 0 aromatic rings. The van der Waals surface area contributed by atoms with Crippen LogP contribution in [0.2, 0.25) is 0 Å². The van der Waals surface area contributed by atoms with E-state index in [9.17, 15) is 4.79 Å². The molecule has 0 radical (unpaired) electrons. The lowest BCUT2D eigenvalue weighted by atomic mass is 10.1. The molecule has 0 aromatic heterocycles. The molecule has 54 valence electrons. The van der Waals surface area contributed by atoms with Crippen LogP contribution in [0.1, 0.15) is 0 Å². The molecule has 0 bridgehead atoms. The Morgan fingerprint density at radius 1 is 1.36 bits per heavy atom. The van der Waals surface area contributed by atoms with E-state index in [-0.39, 0.29) is 16.5 Å². The van der Waals surface area contributed by atoms with Gasteiger partial charge in [-0.1, -0.05) is 11.6 Å². The first-order valence-electron chi connectivity index (χ1n) is 2.90. The Balaban J connectivity index is 2.54. The number of fused-ring (bicyclic) bond motifs is 1. The van der Waals surface area contributed by atoms with Gasteiger partial charge in [-0.05, 0) is 17.4 Å². The smallest absolute Gasteiger partial charge is 0.226 e. The van der Waals surface area contributed by atoms with Gasteiger partial charge >= 0.3 is 0 Å². The Hall–Kier alpha value is -1.29. The Kier molecular flexibility index (Phi) is 1.22. The second-order valence-electron chi connectivity index (χ2n) is 2.03. The average Bonchev–Trinajstić information content (AvgIpc) is 2.45. The van der Waals surface area contributed by atoms with Crippen molar-refractivity contribution in [2.24, 2.45) is 15.4 Å². The molecule has 11 heavy (non-hydrogen) atoms. The van der Waals surface area contributed by atoms with Gasteiger partial charge in [0.2, 0.25) is 5.78 Å². The first-order chi connectivity index (χ1) is 5.29. The Morgan fingerprint density at radius 3 is 3.00 bits per heavy atom. The highest BCUT2D eigenvalue weighted by atomic mass is 35.5. The summed E-state index contributed by atoms with van der Waals surface area (Å²) < 4.78 is 0. The number of halogens is 1. The van der Waals surface area contributed by atoms with Crippen LogP contribution in [-0.2, 0) is 4.79 Å². The van der Waals surface area contributed by atoms with Crippen LogP contribution >= 0.6 is 11.6 Å². The van der Waals surface area contributed by atoms with Crippen molar-refractivity contribution in [1.29, 1.82) is 0 Å². The van der Waals surface area contributed by atoms with Crippen LogP contribution < -0.4 is 0 Å². The molecule has 0 unspecified atom stereocenters. The van der Waals surface area contributed by atoms with Crippen molar-refractivity contribution in [3.8, 4) is 0 Å². The van der Waals surface area contributed by atoms with Gasteiger partial charge in [0, 0.05) is 0 Å². The van der Waals surface area contributed by atoms with E-state index in [4.69, 9.17) is 11.6 Å². The zero-order valence-electron chi connectivity index (χ0n) is 5.28. The van der Waals surface area contributed by atoms with Gasteiger partial charge in [0.05, 0.1) is 5.03 Å². The van der Waals surface area contributed by atoms with Crippen molar-refractivity contribution in [3.63, 3.8) is 0 Å². The molecule has 0 spiro atoms. The van der Waals surface area contributed by atoms with Crippen molar-refractivity contribution in [2.45, 2.75) is 0 Å². The van der Waals surface area contributed by atoms with E-state index in [1.807, 2.05) is 0 Å². The van der Waals surface area contributed by atoms with Crippen molar-refractivity contribution >= 4 is 23.1 Å². The van der Waals surface area contributed by atoms with Gasteiger partial charge in [-0.25, -0.2) is 0 Å². The highest BCUT2D eigenvalue weighted by Gasteiger charge is 2.25. The fraction of sp³-hybridized carbons (Fsp3) is 0. The molecule has 2 aliphatic rings. The van der Waals surface area contributed by atoms with Crippen molar-refractivity contribution in [1.82, 2.24) is 0 Å². The van der Waals surface area contributed by atoms with E-state index in [1.165, 1.54) is 6.08 Å². The zero-order valence-corrected chi connectivity index (χ0v) is 6.04. The van der Waals surface area contributed by atoms with Crippen molar-refractivity contribution in [2.75, 3.05) is 0 Å². The van der Waals surface area contributed by atoms with E-state index in [0.29, 0.717) is 5.70 Å². The summed E-state index contributed by atoms with van der Waals surface area (Å²) in [5, 5.41) is 10.6. The fourth-order valence-electron chi connectivity index (χ4n) is 0.829. The first-order valence-corrected chi connectivity index (χ1v) is 3.28. The molecule has 0 amide bonds. The predicted octanol–water partition coefficient (Wildman–Crippen LogP) is 1.40. The van der Waals surface area contributed by atoms with E-state index >= 15 is 0 Å². The number of hydrogen-bond acceptors (Lipinski definition) is 4. The maximum absolute atomic E-state index is 11.1. The van der Waals surface area contributed by atoms with Crippen molar-refractivity contribution in [3.05, 3.63) is 22.9 Å². The molecule has 0 N–H and O–H groups in total. The minimum Gasteiger partial charge on any atom is -0.286 e. The second-order valence-corrected chi connectivity index (χ2v) is 2.44. The molecule has 4 nitrogen and oxygen atoms in total. The van der Waals surface area contributed by atoms with Gasteiger partial charge in [0.1, 0.15) is 5.70 Å². The largest absolute Gasteiger partial charge is 0.286 e. The first kappa shape index (κ1) is 6.42. The fourth-order valence-corrected chi connectivity index (χ4v) is 0.981. The summed E-state index contributed by atoms with van der Waals surface area (Å²) in [6.07, 6.45) is 3.10. The summed E-state index contributed by atoms with van der Waals surface area (Å²) in [7, 11) is 0. The van der Waals surface area contributed by atoms with Crippen LogP contribution in [0, 0.1) is 0 Å². The normalized spacial score (nSPS) is 20.8. The summed E-state index contributed by atoms with van der Waals surface area (Å²) in [6.45, 7) is 0. The minimum absolute atomic E-state index is 0.153. The molecular weight excluding hydrogens is 166 g/mol. The number of carbonyl (C=O) groups is 1. The van der Waals surface area contributed by atoms with Crippen LogP contribution in [0.25, 0.3) is 0 Å². The third-order valence-electron chi connectivity index (χ3n) is 1.36. The molecule has 2 rings (SSSR count). The number of hydrogen-bond donors (Lipinski definition) is 0. The number of allylic oxidation sites excluding steroid dienone is 4. The molecule has 5 heteroatoms. The zero-order chi connectivity index (χ0) is 7.84. The topological polar surface area (TPSA) is 54.1 Å². The Labute approximate surface area is 67.0 Å². The molecular formula is C6H2ClN3O. The standard InChI is InChI=1S/C6H2ClN3O/c7-3-1-2-4-5(6(3)11)9-10-8-4/h1-2H. The SMILES string of the molecule is O=C1C(Cl)=CC=C2N=NN=C12. The minimum atomic E-state index is -0.311. The third-order valence-corrected chi connectivity index (χ3v) is 1.66. The van der Waals surface area contributed by atoms with E-state index in [2.05, 4.69) is 15.4 Å². The van der Waals surface area contributed by atoms with Gasteiger partial charge in [-0.3, -0.25) is 4.79 Å². The van der Waals surface area contributed by atoms with Crippen LogP contribution in [0.5, 0.6) is 0 Å². The molecule has 0 saturated carbocycles. The number of carbonyl (C=O) groups excluding carboxylic acids is 1. The number of rotatable bonds is 0. The van der Waals surface area contributed by atoms with Gasteiger partial charge < -0.3 is 0 Å². The van der Waals surface area contributed by atoms with Crippen molar-refractivity contribution < 1.29 is 4.79 Å². The molecule has 1 heterocycles.